The van der Waals surface area contributed by atoms with Gasteiger partial charge in [-0.3, -0.25) is 9.52 Å². The Bertz CT molecular complexity index is 758. The molecule has 8 heteroatoms. The van der Waals surface area contributed by atoms with Gasteiger partial charge < -0.3 is 4.90 Å². The van der Waals surface area contributed by atoms with E-state index in [0.717, 1.165) is 23.5 Å². The molecule has 0 fully saturated rings. The second-order valence-corrected chi connectivity index (χ2v) is 7.13. The fourth-order valence-corrected chi connectivity index (χ4v) is 3.72. The number of sulfonamides is 1. The Kier molecular flexibility index (Phi) is 4.29. The van der Waals surface area contributed by atoms with Crippen LogP contribution >= 0.6 is 11.3 Å². The van der Waals surface area contributed by atoms with Gasteiger partial charge >= 0.3 is 0 Å². The van der Waals surface area contributed by atoms with Crippen LogP contribution in [0.5, 0.6) is 0 Å². The van der Waals surface area contributed by atoms with E-state index in [0.29, 0.717) is 0 Å². The van der Waals surface area contributed by atoms with Crippen molar-refractivity contribution in [3.8, 4) is 0 Å². The third-order valence-electron chi connectivity index (χ3n) is 2.80. The molecular weight excluding hydrogens is 315 g/mol. The zero-order valence-corrected chi connectivity index (χ0v) is 13.0. The van der Waals surface area contributed by atoms with Gasteiger partial charge in [0.25, 0.3) is 10.0 Å². The number of nitrogens with one attached hydrogen (secondary N) is 1. The molecule has 0 saturated heterocycles. The number of nitrogens with zero attached hydrogens (tertiary/aromatic N) is 1. The molecule has 5 nitrogen and oxygen atoms in total. The zero-order valence-electron chi connectivity index (χ0n) is 11.3. The summed E-state index contributed by atoms with van der Waals surface area (Å²) in [5.74, 6) is -0.891. The van der Waals surface area contributed by atoms with Crippen molar-refractivity contribution in [2.75, 3.05) is 16.7 Å². The summed E-state index contributed by atoms with van der Waals surface area (Å²) in [7, 11) is -2.32. The zero-order chi connectivity index (χ0) is 15.6. The number of anilines is 2. The lowest BCUT2D eigenvalue weighted by molar-refractivity contribution is -0.116. The number of thiophene rings is 1. The fraction of sp³-hybridized carbons (Fsp3) is 0.154. The van der Waals surface area contributed by atoms with Crippen LogP contribution in [0, 0.1) is 5.82 Å². The minimum absolute atomic E-state index is 0.0149. The van der Waals surface area contributed by atoms with Crippen LogP contribution in [0.4, 0.5) is 15.8 Å². The Labute approximate surface area is 126 Å². The van der Waals surface area contributed by atoms with Crippen LogP contribution in [0.15, 0.2) is 39.9 Å². The number of amides is 1. The number of carbonyl (C=O) groups is 1. The van der Waals surface area contributed by atoms with Crippen molar-refractivity contribution in [1.82, 2.24) is 0 Å². The number of rotatable bonds is 4. The van der Waals surface area contributed by atoms with Crippen molar-refractivity contribution in [2.24, 2.45) is 0 Å². The van der Waals surface area contributed by atoms with Crippen LogP contribution in [-0.2, 0) is 14.8 Å². The van der Waals surface area contributed by atoms with Crippen molar-refractivity contribution in [3.05, 3.63) is 41.5 Å². The van der Waals surface area contributed by atoms with E-state index in [1.165, 1.54) is 31.0 Å². The molecule has 0 bridgehead atoms. The highest BCUT2D eigenvalue weighted by Gasteiger charge is 2.19. The molecule has 1 aromatic heterocycles. The Balaban J connectivity index is 2.44. The highest BCUT2D eigenvalue weighted by Crippen LogP contribution is 2.29. The van der Waals surface area contributed by atoms with E-state index in [1.54, 1.807) is 11.4 Å². The molecule has 0 atom stereocenters. The van der Waals surface area contributed by atoms with Crippen molar-refractivity contribution in [2.45, 2.75) is 11.1 Å². The molecule has 1 aromatic carbocycles. The molecule has 1 amide bonds. The van der Waals surface area contributed by atoms with Crippen LogP contribution in [0.3, 0.4) is 0 Å². The molecule has 0 aliphatic carbocycles. The molecule has 2 aromatic rings. The topological polar surface area (TPSA) is 66.5 Å². The summed E-state index contributed by atoms with van der Waals surface area (Å²) in [6.45, 7) is 1.33. The van der Waals surface area contributed by atoms with E-state index >= 15 is 0 Å². The van der Waals surface area contributed by atoms with Crippen LogP contribution < -0.4 is 9.62 Å². The highest BCUT2D eigenvalue weighted by atomic mass is 32.2. The standard InChI is InChI=1S/C13H13FN2O3S2/c1-9(17)16(2)12-6-5-10(14)8-11(12)15-21(18,19)13-4-3-7-20-13/h3-8,15H,1-2H3. The predicted molar refractivity (Wildman–Crippen MR) is 80.6 cm³/mol. The molecule has 112 valence electrons. The third-order valence-corrected chi connectivity index (χ3v) is 5.56. The van der Waals surface area contributed by atoms with Crippen molar-refractivity contribution in [1.29, 1.82) is 0 Å². The number of hydrogen-bond acceptors (Lipinski definition) is 4. The van der Waals surface area contributed by atoms with Gasteiger partial charge in [0.2, 0.25) is 5.91 Å². The van der Waals surface area contributed by atoms with E-state index in [9.17, 15) is 17.6 Å². The first-order chi connectivity index (χ1) is 9.81. The van der Waals surface area contributed by atoms with Gasteiger partial charge in [-0.25, -0.2) is 12.8 Å². The fourth-order valence-electron chi connectivity index (χ4n) is 1.66. The number of carbonyl (C=O) groups excluding carboxylic acids is 1. The summed E-state index contributed by atoms with van der Waals surface area (Å²) >= 11 is 1.05. The average Bonchev–Trinajstić information content (AvgIpc) is 2.92. The molecule has 0 unspecified atom stereocenters. The lowest BCUT2D eigenvalue weighted by Crippen LogP contribution is -2.25. The first kappa shape index (κ1) is 15.5. The molecule has 0 saturated carbocycles. The lowest BCUT2D eigenvalue weighted by Gasteiger charge is -2.19. The molecule has 1 heterocycles. The lowest BCUT2D eigenvalue weighted by atomic mass is 10.2. The molecule has 0 spiro atoms. The largest absolute Gasteiger partial charge is 0.314 e. The van der Waals surface area contributed by atoms with Crippen LogP contribution in [0.1, 0.15) is 6.92 Å². The highest BCUT2D eigenvalue weighted by molar-refractivity contribution is 7.94. The molecule has 21 heavy (non-hydrogen) atoms. The van der Waals surface area contributed by atoms with Crippen molar-refractivity contribution >= 4 is 38.6 Å². The Morgan fingerprint density at radius 3 is 2.62 bits per heavy atom. The van der Waals surface area contributed by atoms with Gasteiger partial charge in [-0.05, 0) is 23.6 Å². The maximum absolute atomic E-state index is 13.4. The van der Waals surface area contributed by atoms with Gasteiger partial charge in [-0.15, -0.1) is 11.3 Å². The smallest absolute Gasteiger partial charge is 0.271 e. The van der Waals surface area contributed by atoms with Crippen LogP contribution in [0.25, 0.3) is 0 Å². The van der Waals surface area contributed by atoms with Gasteiger partial charge in [0, 0.05) is 20.0 Å². The van der Waals surface area contributed by atoms with E-state index in [4.69, 9.17) is 0 Å². The quantitative estimate of drug-likeness (QED) is 0.938. The SMILES string of the molecule is CC(=O)N(C)c1ccc(F)cc1NS(=O)(=O)c1cccs1. The molecule has 0 aliphatic rings. The normalized spacial score (nSPS) is 11.2. The van der Waals surface area contributed by atoms with Crippen molar-refractivity contribution < 1.29 is 17.6 Å². The summed E-state index contributed by atoms with van der Waals surface area (Å²) in [5.41, 5.74) is 0.296. The van der Waals surface area contributed by atoms with E-state index in [1.807, 2.05) is 0 Å². The third kappa shape index (κ3) is 3.40. The van der Waals surface area contributed by atoms with E-state index in [2.05, 4.69) is 4.72 Å². The van der Waals surface area contributed by atoms with E-state index < -0.39 is 15.8 Å². The summed E-state index contributed by atoms with van der Waals surface area (Å²) in [6.07, 6.45) is 0. The van der Waals surface area contributed by atoms with E-state index in [-0.39, 0.29) is 21.5 Å². The minimum atomic E-state index is -3.80. The van der Waals surface area contributed by atoms with Gasteiger partial charge in [-0.1, -0.05) is 6.07 Å². The summed E-state index contributed by atoms with van der Waals surface area (Å²) in [5, 5.41) is 1.63. The summed E-state index contributed by atoms with van der Waals surface area (Å²) in [4.78, 5) is 12.7. The Morgan fingerprint density at radius 2 is 2.05 bits per heavy atom. The van der Waals surface area contributed by atoms with Gasteiger partial charge in [0.1, 0.15) is 10.0 Å². The van der Waals surface area contributed by atoms with Gasteiger partial charge in [0.15, 0.2) is 0 Å². The molecule has 0 radical (unpaired) electrons. The second kappa shape index (κ2) is 5.82. The van der Waals surface area contributed by atoms with Crippen LogP contribution in [0.2, 0.25) is 0 Å². The summed E-state index contributed by atoms with van der Waals surface area (Å²) in [6, 6.07) is 6.61. The average molecular weight is 328 g/mol. The molecular formula is C13H13FN2O3S2. The first-order valence-corrected chi connectivity index (χ1v) is 8.28. The Hall–Kier alpha value is -1.93. The predicted octanol–water partition coefficient (Wildman–Crippen LogP) is 2.67. The molecule has 1 N–H and O–H groups in total. The Morgan fingerprint density at radius 1 is 1.33 bits per heavy atom. The van der Waals surface area contributed by atoms with Gasteiger partial charge in [-0.2, -0.15) is 0 Å². The molecule has 0 aliphatic heterocycles. The number of hydrogen-bond donors (Lipinski definition) is 1. The number of halogens is 1. The second-order valence-electron chi connectivity index (χ2n) is 4.28. The monoisotopic (exact) mass is 328 g/mol. The number of benzene rings is 1. The maximum atomic E-state index is 13.4. The van der Waals surface area contributed by atoms with Crippen molar-refractivity contribution in [3.63, 3.8) is 0 Å². The maximum Gasteiger partial charge on any atom is 0.271 e. The van der Waals surface area contributed by atoms with Crippen LogP contribution in [-0.4, -0.2) is 21.4 Å². The minimum Gasteiger partial charge on any atom is -0.314 e. The van der Waals surface area contributed by atoms with Gasteiger partial charge in [0.05, 0.1) is 11.4 Å². The molecule has 2 rings (SSSR count). The summed E-state index contributed by atoms with van der Waals surface area (Å²) < 4.78 is 40.2. The first-order valence-electron chi connectivity index (χ1n) is 5.91.